The van der Waals surface area contributed by atoms with Crippen molar-refractivity contribution in [2.75, 3.05) is 6.61 Å². The van der Waals surface area contributed by atoms with E-state index in [1.54, 1.807) is 6.92 Å². The summed E-state index contributed by atoms with van der Waals surface area (Å²) >= 11 is 1.12. The summed E-state index contributed by atoms with van der Waals surface area (Å²) in [6.45, 7) is 4.15. The fourth-order valence-electron chi connectivity index (χ4n) is 2.02. The zero-order chi connectivity index (χ0) is 14.2. The predicted molar refractivity (Wildman–Crippen MR) is 71.7 cm³/mol. The first-order valence-electron chi connectivity index (χ1n) is 5.84. The summed E-state index contributed by atoms with van der Waals surface area (Å²) in [6.07, 6.45) is 0.738. The number of aryl methyl sites for hydroxylation is 1. The Hall–Kier alpha value is -0.960. The van der Waals surface area contributed by atoms with E-state index in [1.165, 1.54) is 6.07 Å². The maximum Gasteiger partial charge on any atom is 0.261 e. The van der Waals surface area contributed by atoms with Gasteiger partial charge in [0.25, 0.3) is 5.91 Å². The molecule has 1 aromatic rings. The summed E-state index contributed by atoms with van der Waals surface area (Å²) in [6, 6.07) is 1.29. The Kier molecular flexibility index (Phi) is 3.95. The van der Waals surface area contributed by atoms with Crippen LogP contribution in [0, 0.1) is 6.92 Å². The molecule has 2 rings (SSSR count). The highest BCUT2D eigenvalue weighted by Gasteiger charge is 2.27. The van der Waals surface area contributed by atoms with Crippen LogP contribution in [0.15, 0.2) is 11.0 Å². The van der Waals surface area contributed by atoms with E-state index in [0.29, 0.717) is 16.4 Å². The van der Waals surface area contributed by atoms with E-state index >= 15 is 0 Å². The molecule has 8 heteroatoms. The van der Waals surface area contributed by atoms with Gasteiger partial charge in [-0.25, -0.2) is 13.6 Å². The second-order valence-corrected chi connectivity index (χ2v) is 7.31. The van der Waals surface area contributed by atoms with Crippen LogP contribution in [0.1, 0.15) is 27.9 Å². The Morgan fingerprint density at radius 3 is 2.74 bits per heavy atom. The molecule has 1 saturated heterocycles. The van der Waals surface area contributed by atoms with Crippen LogP contribution in [0.3, 0.4) is 0 Å². The lowest BCUT2D eigenvalue weighted by Gasteiger charge is -2.15. The number of sulfonamides is 1. The number of primary sulfonamides is 1. The lowest BCUT2D eigenvalue weighted by molar-refractivity contribution is 0.0869. The van der Waals surface area contributed by atoms with Crippen molar-refractivity contribution < 1.29 is 17.9 Å². The highest BCUT2D eigenvalue weighted by molar-refractivity contribution is 7.89. The summed E-state index contributed by atoms with van der Waals surface area (Å²) in [4.78, 5) is 12.9. The Bertz CT molecular complexity index is 594. The second kappa shape index (κ2) is 5.20. The molecule has 1 aliphatic rings. The van der Waals surface area contributed by atoms with Gasteiger partial charge in [0.15, 0.2) is 0 Å². The zero-order valence-electron chi connectivity index (χ0n) is 10.7. The molecule has 19 heavy (non-hydrogen) atoms. The summed E-state index contributed by atoms with van der Waals surface area (Å²) in [5.41, 5.74) is 0. The van der Waals surface area contributed by atoms with Crippen molar-refractivity contribution in [2.45, 2.75) is 37.3 Å². The summed E-state index contributed by atoms with van der Waals surface area (Å²) in [5, 5.41) is 7.93. The molecule has 0 spiro atoms. The molecule has 106 valence electrons. The van der Waals surface area contributed by atoms with Crippen LogP contribution >= 0.6 is 11.3 Å². The largest absolute Gasteiger partial charge is 0.376 e. The number of amides is 1. The van der Waals surface area contributed by atoms with Gasteiger partial charge in [0.2, 0.25) is 10.0 Å². The van der Waals surface area contributed by atoms with E-state index in [-0.39, 0.29) is 22.9 Å². The van der Waals surface area contributed by atoms with Crippen molar-refractivity contribution in [1.82, 2.24) is 5.32 Å². The molecule has 1 fully saturated rings. The molecule has 1 amide bonds. The van der Waals surface area contributed by atoms with Crippen LogP contribution in [0.2, 0.25) is 0 Å². The molecule has 1 aliphatic heterocycles. The predicted octanol–water partition coefficient (Wildman–Crippen LogP) is 0.611. The zero-order valence-corrected chi connectivity index (χ0v) is 12.3. The average Bonchev–Trinajstić information content (AvgIpc) is 2.85. The molecule has 0 saturated carbocycles. The van der Waals surface area contributed by atoms with E-state index < -0.39 is 10.0 Å². The highest BCUT2D eigenvalue weighted by atomic mass is 32.2. The normalized spacial score (nSPS) is 23.5. The van der Waals surface area contributed by atoms with Crippen LogP contribution in [-0.2, 0) is 14.8 Å². The minimum Gasteiger partial charge on any atom is -0.376 e. The average molecular weight is 304 g/mol. The molecule has 1 aromatic heterocycles. The van der Waals surface area contributed by atoms with Gasteiger partial charge >= 0.3 is 0 Å². The van der Waals surface area contributed by atoms with Crippen molar-refractivity contribution in [3.05, 3.63) is 15.8 Å². The fourth-order valence-corrected chi connectivity index (χ4v) is 4.07. The van der Waals surface area contributed by atoms with E-state index in [9.17, 15) is 13.2 Å². The maximum atomic E-state index is 12.0. The SMILES string of the molecule is Cc1sc(C(=O)NC2CCOC2C)cc1S(N)(=O)=O. The molecule has 2 heterocycles. The lowest BCUT2D eigenvalue weighted by atomic mass is 10.1. The van der Waals surface area contributed by atoms with Crippen LogP contribution in [0.25, 0.3) is 0 Å². The number of ether oxygens (including phenoxy) is 1. The minimum absolute atomic E-state index is 0.0124. The molecule has 2 unspecified atom stereocenters. The summed E-state index contributed by atoms with van der Waals surface area (Å²) in [7, 11) is -3.78. The van der Waals surface area contributed by atoms with Gasteiger partial charge < -0.3 is 10.1 Å². The number of thiophene rings is 1. The van der Waals surface area contributed by atoms with Crippen molar-refractivity contribution in [3.63, 3.8) is 0 Å². The Morgan fingerprint density at radius 1 is 1.58 bits per heavy atom. The third-order valence-corrected chi connectivity index (χ3v) is 5.31. The van der Waals surface area contributed by atoms with E-state index in [1.807, 2.05) is 6.92 Å². The van der Waals surface area contributed by atoms with Crippen LogP contribution in [-0.4, -0.2) is 33.1 Å². The summed E-state index contributed by atoms with van der Waals surface area (Å²) in [5.74, 6) is -0.287. The van der Waals surface area contributed by atoms with Crippen molar-refractivity contribution in [2.24, 2.45) is 5.14 Å². The monoisotopic (exact) mass is 304 g/mol. The van der Waals surface area contributed by atoms with Gasteiger partial charge in [-0.3, -0.25) is 4.79 Å². The number of rotatable bonds is 3. The first-order valence-corrected chi connectivity index (χ1v) is 8.21. The van der Waals surface area contributed by atoms with Crippen LogP contribution < -0.4 is 10.5 Å². The molecule has 0 aliphatic carbocycles. The third-order valence-electron chi connectivity index (χ3n) is 3.10. The van der Waals surface area contributed by atoms with Gasteiger partial charge in [0, 0.05) is 11.5 Å². The molecular weight excluding hydrogens is 288 g/mol. The van der Waals surface area contributed by atoms with Crippen LogP contribution in [0.5, 0.6) is 0 Å². The lowest BCUT2D eigenvalue weighted by Crippen LogP contribution is -2.38. The first-order chi connectivity index (χ1) is 8.79. The molecule has 0 aromatic carbocycles. The minimum atomic E-state index is -3.78. The third kappa shape index (κ3) is 3.14. The van der Waals surface area contributed by atoms with Gasteiger partial charge in [0.1, 0.15) is 0 Å². The molecular formula is C11H16N2O4S2. The quantitative estimate of drug-likeness (QED) is 0.854. The number of carbonyl (C=O) groups is 1. The topological polar surface area (TPSA) is 98.5 Å². The number of hydrogen-bond donors (Lipinski definition) is 2. The molecule has 2 atom stereocenters. The van der Waals surface area contributed by atoms with Crippen LogP contribution in [0.4, 0.5) is 0 Å². The van der Waals surface area contributed by atoms with Crippen molar-refractivity contribution >= 4 is 27.3 Å². The standard InChI is InChI=1S/C11H16N2O4S2/c1-6-8(3-4-17-6)13-11(14)9-5-10(7(2)18-9)19(12,15)16/h5-6,8H,3-4H2,1-2H3,(H,13,14)(H2,12,15,16). The van der Waals surface area contributed by atoms with E-state index in [2.05, 4.69) is 5.32 Å². The number of nitrogens with one attached hydrogen (secondary N) is 1. The Labute approximate surface area is 116 Å². The van der Waals surface area contributed by atoms with Gasteiger partial charge in [-0.15, -0.1) is 11.3 Å². The Balaban J connectivity index is 2.16. The van der Waals surface area contributed by atoms with Gasteiger partial charge in [-0.2, -0.15) is 0 Å². The van der Waals surface area contributed by atoms with Crippen molar-refractivity contribution in [3.8, 4) is 0 Å². The summed E-state index contributed by atoms with van der Waals surface area (Å²) < 4.78 is 28.0. The molecule has 6 nitrogen and oxygen atoms in total. The van der Waals surface area contributed by atoms with Gasteiger partial charge in [-0.1, -0.05) is 0 Å². The van der Waals surface area contributed by atoms with Crippen molar-refractivity contribution in [1.29, 1.82) is 0 Å². The molecule has 0 bridgehead atoms. The maximum absolute atomic E-state index is 12.0. The molecule has 3 N–H and O–H groups in total. The number of hydrogen-bond acceptors (Lipinski definition) is 5. The molecule has 0 radical (unpaired) electrons. The van der Waals surface area contributed by atoms with Gasteiger partial charge in [0.05, 0.1) is 21.9 Å². The smallest absolute Gasteiger partial charge is 0.261 e. The highest BCUT2D eigenvalue weighted by Crippen LogP contribution is 2.25. The Morgan fingerprint density at radius 2 is 2.26 bits per heavy atom. The van der Waals surface area contributed by atoms with E-state index in [0.717, 1.165) is 17.8 Å². The number of nitrogens with two attached hydrogens (primary N) is 1. The van der Waals surface area contributed by atoms with Gasteiger partial charge in [-0.05, 0) is 26.3 Å². The second-order valence-electron chi connectivity index (χ2n) is 4.52. The fraction of sp³-hybridized carbons (Fsp3) is 0.545. The number of carbonyl (C=O) groups excluding carboxylic acids is 1. The van der Waals surface area contributed by atoms with E-state index in [4.69, 9.17) is 9.88 Å². The first kappa shape index (κ1) is 14.4.